The van der Waals surface area contributed by atoms with Gasteiger partial charge < -0.3 is 15.5 Å². The predicted molar refractivity (Wildman–Crippen MR) is 92.6 cm³/mol. The third-order valence-corrected chi connectivity index (χ3v) is 4.47. The molecule has 2 heterocycles. The second-order valence-electron chi connectivity index (χ2n) is 6.34. The van der Waals surface area contributed by atoms with Crippen LogP contribution < -0.4 is 10.6 Å². The van der Waals surface area contributed by atoms with Crippen LogP contribution in [-0.4, -0.2) is 49.1 Å². The molecule has 6 heteroatoms. The number of nitrogens with one attached hydrogen (secondary N) is 2. The molecule has 4 nitrogen and oxygen atoms in total. The van der Waals surface area contributed by atoms with E-state index in [2.05, 4.69) is 29.4 Å². The molecular formula is C15H31Cl2N3O. The van der Waals surface area contributed by atoms with Gasteiger partial charge in [0.2, 0.25) is 5.91 Å². The first-order chi connectivity index (χ1) is 9.16. The molecule has 0 aromatic carbocycles. The topological polar surface area (TPSA) is 44.4 Å². The van der Waals surface area contributed by atoms with Crippen LogP contribution in [-0.2, 0) is 4.79 Å². The molecule has 0 spiro atoms. The van der Waals surface area contributed by atoms with E-state index in [4.69, 9.17) is 0 Å². The number of halogens is 2. The second kappa shape index (κ2) is 10.7. The fourth-order valence-corrected chi connectivity index (χ4v) is 3.18. The van der Waals surface area contributed by atoms with Gasteiger partial charge in [-0.2, -0.15) is 0 Å². The van der Waals surface area contributed by atoms with Gasteiger partial charge >= 0.3 is 0 Å². The molecule has 1 unspecified atom stereocenters. The van der Waals surface area contributed by atoms with E-state index in [9.17, 15) is 4.79 Å². The van der Waals surface area contributed by atoms with Crippen molar-refractivity contribution < 1.29 is 4.79 Å². The number of carbonyl (C=O) groups excluding carboxylic acids is 1. The van der Waals surface area contributed by atoms with Crippen LogP contribution in [0.25, 0.3) is 0 Å². The first-order valence-electron chi connectivity index (χ1n) is 7.92. The highest BCUT2D eigenvalue weighted by Gasteiger charge is 2.24. The van der Waals surface area contributed by atoms with Crippen molar-refractivity contribution in [1.82, 2.24) is 15.5 Å². The summed E-state index contributed by atoms with van der Waals surface area (Å²) in [6.45, 7) is 8.70. The van der Waals surface area contributed by atoms with Gasteiger partial charge in [0.1, 0.15) is 0 Å². The number of hydrogen-bond acceptors (Lipinski definition) is 3. The SMILES string of the molecule is CC(C)N1CCCC(CNC(=O)[C@H]2CCCCN2)C1.Cl.Cl. The second-order valence-corrected chi connectivity index (χ2v) is 6.34. The lowest BCUT2D eigenvalue weighted by atomic mass is 9.96. The molecule has 2 aliphatic rings. The lowest BCUT2D eigenvalue weighted by molar-refractivity contribution is -0.123. The number of nitrogens with zero attached hydrogens (tertiary/aromatic N) is 1. The summed E-state index contributed by atoms with van der Waals surface area (Å²) in [7, 11) is 0. The molecule has 2 N–H and O–H groups in total. The Labute approximate surface area is 141 Å². The summed E-state index contributed by atoms with van der Waals surface area (Å²) in [4.78, 5) is 14.6. The van der Waals surface area contributed by atoms with Gasteiger partial charge in [-0.3, -0.25) is 4.79 Å². The maximum absolute atomic E-state index is 12.1. The van der Waals surface area contributed by atoms with E-state index in [1.54, 1.807) is 0 Å². The molecule has 1 amide bonds. The quantitative estimate of drug-likeness (QED) is 0.825. The molecule has 0 bridgehead atoms. The Morgan fingerprint density at radius 3 is 2.62 bits per heavy atom. The van der Waals surface area contributed by atoms with Gasteiger partial charge in [-0.15, -0.1) is 24.8 Å². The average molecular weight is 340 g/mol. The van der Waals surface area contributed by atoms with Crippen molar-refractivity contribution in [2.75, 3.05) is 26.2 Å². The summed E-state index contributed by atoms with van der Waals surface area (Å²) >= 11 is 0. The molecule has 0 saturated carbocycles. The van der Waals surface area contributed by atoms with E-state index in [0.29, 0.717) is 12.0 Å². The molecule has 2 saturated heterocycles. The zero-order chi connectivity index (χ0) is 13.7. The molecular weight excluding hydrogens is 309 g/mol. The van der Waals surface area contributed by atoms with Crippen molar-refractivity contribution in [3.05, 3.63) is 0 Å². The number of amides is 1. The first kappa shape index (κ1) is 21.0. The van der Waals surface area contributed by atoms with Crippen LogP contribution in [0.4, 0.5) is 0 Å². The minimum absolute atomic E-state index is 0. The van der Waals surface area contributed by atoms with Crippen LogP contribution >= 0.6 is 24.8 Å². The molecule has 126 valence electrons. The number of likely N-dealkylation sites (tertiary alicyclic amines) is 1. The molecule has 0 aromatic heterocycles. The third-order valence-electron chi connectivity index (χ3n) is 4.47. The van der Waals surface area contributed by atoms with Gasteiger partial charge in [-0.05, 0) is 58.5 Å². The summed E-state index contributed by atoms with van der Waals surface area (Å²) < 4.78 is 0. The Bertz CT molecular complexity index is 297. The largest absolute Gasteiger partial charge is 0.354 e. The van der Waals surface area contributed by atoms with E-state index < -0.39 is 0 Å². The molecule has 2 fully saturated rings. The number of carbonyl (C=O) groups is 1. The molecule has 2 atom stereocenters. The maximum atomic E-state index is 12.1. The van der Waals surface area contributed by atoms with Crippen LogP contribution in [0.1, 0.15) is 46.0 Å². The van der Waals surface area contributed by atoms with Crippen molar-refractivity contribution in [1.29, 1.82) is 0 Å². The van der Waals surface area contributed by atoms with Crippen molar-refractivity contribution in [3.8, 4) is 0 Å². The summed E-state index contributed by atoms with van der Waals surface area (Å²) in [5.74, 6) is 0.838. The Morgan fingerprint density at radius 2 is 2.00 bits per heavy atom. The zero-order valence-electron chi connectivity index (χ0n) is 13.3. The highest BCUT2D eigenvalue weighted by molar-refractivity contribution is 5.85. The smallest absolute Gasteiger partial charge is 0.237 e. The van der Waals surface area contributed by atoms with Gasteiger partial charge in [0.05, 0.1) is 6.04 Å². The zero-order valence-corrected chi connectivity index (χ0v) is 14.9. The Morgan fingerprint density at radius 1 is 1.24 bits per heavy atom. The molecule has 0 aromatic rings. The lowest BCUT2D eigenvalue weighted by Gasteiger charge is -2.35. The van der Waals surface area contributed by atoms with Gasteiger partial charge in [0.25, 0.3) is 0 Å². The van der Waals surface area contributed by atoms with Gasteiger partial charge in [-0.25, -0.2) is 0 Å². The average Bonchev–Trinajstić information content (AvgIpc) is 2.46. The normalized spacial score (nSPS) is 26.6. The fraction of sp³-hybridized carbons (Fsp3) is 0.933. The maximum Gasteiger partial charge on any atom is 0.237 e. The monoisotopic (exact) mass is 339 g/mol. The van der Waals surface area contributed by atoms with Crippen molar-refractivity contribution in [3.63, 3.8) is 0 Å². The molecule has 21 heavy (non-hydrogen) atoms. The van der Waals surface area contributed by atoms with Gasteiger partial charge in [0.15, 0.2) is 0 Å². The van der Waals surface area contributed by atoms with E-state index in [0.717, 1.165) is 26.1 Å². The van der Waals surface area contributed by atoms with E-state index in [1.807, 2.05) is 0 Å². The van der Waals surface area contributed by atoms with Crippen LogP contribution in [0.15, 0.2) is 0 Å². The standard InChI is InChI=1S/C15H29N3O.2ClH/c1-12(2)18-9-5-6-13(11-18)10-17-15(19)14-7-3-4-8-16-14;;/h12-14,16H,3-11H2,1-2H3,(H,17,19);2*1H/t13?,14-;;/m1../s1. The third kappa shape index (κ3) is 6.72. The first-order valence-corrected chi connectivity index (χ1v) is 7.92. The minimum atomic E-state index is 0. The van der Waals surface area contributed by atoms with E-state index >= 15 is 0 Å². The summed E-state index contributed by atoms with van der Waals surface area (Å²) in [6.07, 6.45) is 5.89. The van der Waals surface area contributed by atoms with Gasteiger partial charge in [-0.1, -0.05) is 6.42 Å². The molecule has 2 aliphatic heterocycles. The Balaban J connectivity index is 0.00000200. The number of hydrogen-bond donors (Lipinski definition) is 2. The van der Waals surface area contributed by atoms with Crippen LogP contribution in [0.2, 0.25) is 0 Å². The molecule has 0 aliphatic carbocycles. The summed E-state index contributed by atoms with van der Waals surface area (Å²) in [5.41, 5.74) is 0. The fourth-order valence-electron chi connectivity index (χ4n) is 3.18. The van der Waals surface area contributed by atoms with Crippen LogP contribution in [0.5, 0.6) is 0 Å². The Hall–Kier alpha value is -0.0300. The van der Waals surface area contributed by atoms with Crippen molar-refractivity contribution in [2.24, 2.45) is 5.92 Å². The van der Waals surface area contributed by atoms with E-state index in [1.165, 1.54) is 32.2 Å². The van der Waals surface area contributed by atoms with E-state index in [-0.39, 0.29) is 36.8 Å². The number of piperidine rings is 2. The van der Waals surface area contributed by atoms with Crippen LogP contribution in [0.3, 0.4) is 0 Å². The molecule has 2 rings (SSSR count). The lowest BCUT2D eigenvalue weighted by Crippen LogP contribution is -2.49. The summed E-state index contributed by atoms with van der Waals surface area (Å²) in [5, 5.41) is 6.46. The van der Waals surface area contributed by atoms with Crippen LogP contribution in [0, 0.1) is 5.92 Å². The minimum Gasteiger partial charge on any atom is -0.354 e. The predicted octanol–water partition coefficient (Wildman–Crippen LogP) is 2.21. The van der Waals surface area contributed by atoms with Gasteiger partial charge in [0, 0.05) is 19.1 Å². The highest BCUT2D eigenvalue weighted by Crippen LogP contribution is 2.17. The molecule has 0 radical (unpaired) electrons. The number of rotatable bonds is 4. The summed E-state index contributed by atoms with van der Waals surface area (Å²) in [6, 6.07) is 0.678. The van der Waals surface area contributed by atoms with Crippen molar-refractivity contribution >= 4 is 30.7 Å². The Kier molecular flexibility index (Phi) is 10.6. The van der Waals surface area contributed by atoms with Crippen molar-refractivity contribution in [2.45, 2.75) is 58.0 Å². The highest BCUT2D eigenvalue weighted by atomic mass is 35.5.